The molecular weight excluding hydrogens is 658 g/mol. The number of ether oxygens (including phenoxy) is 1. The topological polar surface area (TPSA) is 93.5 Å². The Balaban J connectivity index is 1.47. The zero-order valence-corrected chi connectivity index (χ0v) is 28.1. The van der Waals surface area contributed by atoms with Gasteiger partial charge in [0.15, 0.2) is 5.16 Å². The Morgan fingerprint density at radius 1 is 1.11 bits per heavy atom. The van der Waals surface area contributed by atoms with E-state index in [1.165, 1.54) is 36.0 Å². The van der Waals surface area contributed by atoms with Gasteiger partial charge in [0.2, 0.25) is 0 Å². The van der Waals surface area contributed by atoms with E-state index in [4.69, 9.17) is 33.1 Å². The van der Waals surface area contributed by atoms with E-state index in [1.807, 2.05) is 16.7 Å². The van der Waals surface area contributed by atoms with Crippen LogP contribution in [-0.2, 0) is 15.4 Å². The second-order valence-corrected chi connectivity index (χ2v) is 14.8. The number of methoxy groups -OCH3 is 1. The first kappa shape index (κ1) is 33.1. The van der Waals surface area contributed by atoms with Crippen LogP contribution in [0, 0.1) is 5.82 Å². The predicted octanol–water partition coefficient (Wildman–Crippen LogP) is 7.96. The smallest absolute Gasteiger partial charge is 0.346 e. The molecule has 0 bridgehead atoms. The Morgan fingerprint density at radius 2 is 1.78 bits per heavy atom. The molecule has 0 spiro atoms. The molecule has 0 radical (unpaired) electrons. The highest BCUT2D eigenvalue weighted by Gasteiger charge is 2.43. The maximum atomic E-state index is 14.0. The molecule has 3 aromatic carbocycles. The van der Waals surface area contributed by atoms with Crippen molar-refractivity contribution in [3.05, 3.63) is 101 Å². The fraction of sp³-hybridized carbons (Fsp3) is 0.312. The number of aromatic nitrogens is 2. The van der Waals surface area contributed by atoms with Crippen LogP contribution in [0.1, 0.15) is 50.8 Å². The number of urea groups is 1. The molecule has 1 aliphatic rings. The highest BCUT2D eigenvalue weighted by atomic mass is 35.5. The zero-order valence-electron chi connectivity index (χ0n) is 25.0. The number of carbonyl (C=O) groups is 1. The molecule has 1 aromatic heterocycles. The number of thioether (sulfide) groups is 1. The van der Waals surface area contributed by atoms with Crippen molar-refractivity contribution in [2.24, 2.45) is 0 Å². The lowest BCUT2D eigenvalue weighted by Crippen LogP contribution is -2.51. The molecule has 0 saturated heterocycles. The van der Waals surface area contributed by atoms with E-state index in [-0.39, 0.29) is 10.7 Å². The van der Waals surface area contributed by atoms with Crippen LogP contribution in [0.5, 0.6) is 5.75 Å². The minimum atomic E-state index is -4.12. The van der Waals surface area contributed by atoms with Gasteiger partial charge in [0, 0.05) is 28.6 Å². The van der Waals surface area contributed by atoms with Gasteiger partial charge in [0.05, 0.1) is 34.5 Å². The highest BCUT2D eigenvalue weighted by molar-refractivity contribution is 7.99. The third-order valence-electron chi connectivity index (χ3n) is 8.20. The lowest BCUT2D eigenvalue weighted by Gasteiger charge is -2.35. The number of hydrogen-bond acceptors (Lipinski definition) is 6. The SMILES string of the molecule is COc1cc(C(C)(C)c2cnc(SCC3(N(Cl)C(=O)NS(=O)(=O)c4ccccc4)CCCC3)n2-c2ccc(F)cc2)ccc1Cl. The van der Waals surface area contributed by atoms with E-state index in [0.29, 0.717) is 40.2 Å². The van der Waals surface area contributed by atoms with Crippen molar-refractivity contribution in [2.75, 3.05) is 12.9 Å². The number of nitrogens with zero attached hydrogens (tertiary/aromatic N) is 3. The highest BCUT2D eigenvalue weighted by Crippen LogP contribution is 2.43. The van der Waals surface area contributed by atoms with Gasteiger partial charge in [-0.1, -0.05) is 74.3 Å². The van der Waals surface area contributed by atoms with Crippen LogP contribution in [-0.4, -0.2) is 46.8 Å². The van der Waals surface area contributed by atoms with Crippen molar-refractivity contribution in [1.82, 2.24) is 18.7 Å². The van der Waals surface area contributed by atoms with Crippen LogP contribution in [0.25, 0.3) is 5.69 Å². The molecule has 0 unspecified atom stereocenters. The number of halogens is 3. The number of nitrogens with one attached hydrogen (secondary N) is 1. The van der Waals surface area contributed by atoms with E-state index in [9.17, 15) is 17.6 Å². The first-order chi connectivity index (χ1) is 21.4. The van der Waals surface area contributed by atoms with Crippen LogP contribution in [0.3, 0.4) is 0 Å². The molecule has 2 amide bonds. The summed E-state index contributed by atoms with van der Waals surface area (Å²) in [6.45, 7) is 4.11. The van der Waals surface area contributed by atoms with Gasteiger partial charge in [-0.3, -0.25) is 4.57 Å². The van der Waals surface area contributed by atoms with E-state index >= 15 is 0 Å². The average Bonchev–Trinajstić information content (AvgIpc) is 3.69. The first-order valence-corrected chi connectivity index (χ1v) is 17.5. The molecule has 0 aliphatic heterocycles. The molecule has 4 aromatic rings. The van der Waals surface area contributed by atoms with Gasteiger partial charge >= 0.3 is 6.03 Å². The van der Waals surface area contributed by atoms with Gasteiger partial charge in [-0.15, -0.1) is 0 Å². The third kappa shape index (κ3) is 6.82. The summed E-state index contributed by atoms with van der Waals surface area (Å²) in [4.78, 5) is 18.0. The van der Waals surface area contributed by atoms with Crippen molar-refractivity contribution < 1.29 is 22.3 Å². The lowest BCUT2D eigenvalue weighted by molar-refractivity contribution is 0.194. The molecule has 45 heavy (non-hydrogen) atoms. The van der Waals surface area contributed by atoms with E-state index in [1.54, 1.807) is 49.7 Å². The summed E-state index contributed by atoms with van der Waals surface area (Å²) in [5.41, 5.74) is 1.04. The molecule has 1 heterocycles. The molecule has 0 atom stereocenters. The van der Waals surface area contributed by atoms with Crippen molar-refractivity contribution in [1.29, 1.82) is 0 Å². The van der Waals surface area contributed by atoms with Crippen molar-refractivity contribution in [3.8, 4) is 11.4 Å². The summed E-state index contributed by atoms with van der Waals surface area (Å²) in [5, 5.41) is 1.10. The monoisotopic (exact) mass is 690 g/mol. The Bertz CT molecular complexity index is 1780. The fourth-order valence-electron chi connectivity index (χ4n) is 5.57. The number of benzene rings is 3. The molecule has 8 nitrogen and oxygen atoms in total. The molecular formula is C32H33Cl2FN4O4S2. The van der Waals surface area contributed by atoms with Crippen LogP contribution in [0.4, 0.5) is 9.18 Å². The maximum Gasteiger partial charge on any atom is 0.346 e. The number of hydrogen-bond donors (Lipinski definition) is 1. The largest absolute Gasteiger partial charge is 0.495 e. The Kier molecular flexibility index (Phi) is 9.74. The average molecular weight is 692 g/mol. The van der Waals surface area contributed by atoms with Crippen molar-refractivity contribution in [2.45, 2.75) is 60.5 Å². The second-order valence-electron chi connectivity index (χ2n) is 11.4. The van der Waals surface area contributed by atoms with E-state index < -0.39 is 27.0 Å². The molecule has 1 N–H and O–H groups in total. The summed E-state index contributed by atoms with van der Waals surface area (Å²) in [6.07, 6.45) is 4.60. The zero-order chi connectivity index (χ0) is 32.4. The standard InChI is InChI=1S/C32H33Cl2FN4O4S2/c1-31(2,22-11-16-26(33)27(19-22)43-3)28-20-36-30(38(28)24-14-12-23(35)13-15-24)44-21-32(17-7-8-18-32)39(34)29(40)37-45(41,42)25-9-5-4-6-10-25/h4-6,9-16,19-20H,7-8,17-18,21H2,1-3H3,(H,37,40). The van der Waals surface area contributed by atoms with Gasteiger partial charge in [-0.05, 0) is 66.9 Å². The first-order valence-electron chi connectivity index (χ1n) is 14.3. The van der Waals surface area contributed by atoms with Crippen molar-refractivity contribution in [3.63, 3.8) is 0 Å². The third-order valence-corrected chi connectivity index (χ3v) is 11.6. The Hall–Kier alpha value is -3.25. The molecule has 1 saturated carbocycles. The van der Waals surface area contributed by atoms with Crippen molar-refractivity contribution >= 4 is 51.2 Å². The number of amides is 2. The van der Waals surface area contributed by atoms with Gasteiger partial charge in [0.25, 0.3) is 10.0 Å². The van der Waals surface area contributed by atoms with Gasteiger partial charge < -0.3 is 4.74 Å². The maximum absolute atomic E-state index is 14.0. The molecule has 1 aliphatic carbocycles. The molecule has 13 heteroatoms. The van der Waals surface area contributed by atoms with Crippen LogP contribution in [0.15, 0.2) is 89.0 Å². The summed E-state index contributed by atoms with van der Waals surface area (Å²) in [5.74, 6) is 0.528. The predicted molar refractivity (Wildman–Crippen MR) is 175 cm³/mol. The summed E-state index contributed by atoms with van der Waals surface area (Å²) in [7, 11) is -2.56. The number of imidazole rings is 1. The Morgan fingerprint density at radius 3 is 2.42 bits per heavy atom. The van der Waals surface area contributed by atoms with Crippen LogP contribution >= 0.6 is 35.1 Å². The second kappa shape index (κ2) is 13.2. The normalized spacial score (nSPS) is 14.7. The number of rotatable bonds is 10. The molecule has 238 valence electrons. The minimum absolute atomic E-state index is 0.0342. The number of sulfonamides is 1. The fourth-order valence-corrected chi connectivity index (χ4v) is 8.39. The minimum Gasteiger partial charge on any atom is -0.495 e. The summed E-state index contributed by atoms with van der Waals surface area (Å²) < 4.78 is 50.3. The summed E-state index contributed by atoms with van der Waals surface area (Å²) in [6, 6.07) is 18.5. The van der Waals surface area contributed by atoms with Gasteiger partial charge in [-0.2, -0.15) is 0 Å². The summed E-state index contributed by atoms with van der Waals surface area (Å²) >= 11 is 14.4. The van der Waals surface area contributed by atoms with Crippen LogP contribution < -0.4 is 9.46 Å². The van der Waals surface area contributed by atoms with Gasteiger partial charge in [-0.25, -0.2) is 31.7 Å². The quantitative estimate of drug-likeness (QED) is 0.134. The number of carbonyl (C=O) groups excluding carboxylic acids is 1. The van der Waals surface area contributed by atoms with Gasteiger partial charge in [0.1, 0.15) is 11.6 Å². The lowest BCUT2D eigenvalue weighted by atomic mass is 9.81. The Labute approximate surface area is 277 Å². The molecule has 5 rings (SSSR count). The molecule has 1 fully saturated rings. The van der Waals surface area contributed by atoms with E-state index in [2.05, 4.69) is 18.6 Å². The van der Waals surface area contributed by atoms with E-state index in [0.717, 1.165) is 28.5 Å². The van der Waals surface area contributed by atoms with Crippen LogP contribution in [0.2, 0.25) is 5.02 Å².